The number of carbonyl (C=O) groups is 1. The van der Waals surface area contributed by atoms with Crippen LogP contribution in [-0.4, -0.2) is 25.4 Å². The molecule has 0 aromatic rings. The summed E-state index contributed by atoms with van der Waals surface area (Å²) in [6, 6.07) is 0. The maximum Gasteiger partial charge on any atom is 0.245 e. The van der Waals surface area contributed by atoms with Crippen LogP contribution in [0.2, 0.25) is 0 Å². The number of carbonyl (C=O) groups excluding carboxylic acids is 1. The Morgan fingerprint density at radius 1 is 1.75 bits per heavy atom. The van der Waals surface area contributed by atoms with Crippen molar-refractivity contribution in [1.82, 2.24) is 5.32 Å². The Kier molecular flexibility index (Phi) is 2.32. The number of hydrogen-bond acceptors (Lipinski definition) is 2. The summed E-state index contributed by atoms with van der Waals surface area (Å²) in [7, 11) is 0. The highest BCUT2D eigenvalue weighted by molar-refractivity contribution is 5.78. The summed E-state index contributed by atoms with van der Waals surface area (Å²) in [5, 5.41) is 2.74. The van der Waals surface area contributed by atoms with Gasteiger partial charge in [-0.05, 0) is 0 Å². The highest BCUT2D eigenvalue weighted by atomic mass is 19.3. The lowest BCUT2D eigenvalue weighted by Crippen LogP contribution is -2.41. The maximum absolute atomic E-state index is 12.5. The molecule has 1 fully saturated rings. The van der Waals surface area contributed by atoms with Gasteiger partial charge in [0, 0.05) is 13.1 Å². The Labute approximate surface area is 69.3 Å². The largest absolute Gasteiger partial charge is 0.369 e. The SMILES string of the molecule is CC1(C(F)F)CNCC1C(N)=O. The van der Waals surface area contributed by atoms with E-state index in [9.17, 15) is 13.6 Å². The molecule has 0 aromatic heterocycles. The van der Waals surface area contributed by atoms with Gasteiger partial charge in [0.15, 0.2) is 0 Å². The lowest BCUT2D eigenvalue weighted by atomic mass is 9.80. The minimum Gasteiger partial charge on any atom is -0.369 e. The quantitative estimate of drug-likeness (QED) is 0.623. The Balaban J connectivity index is 2.81. The molecule has 1 amide bonds. The fraction of sp³-hybridized carbons (Fsp3) is 0.857. The first kappa shape index (κ1) is 9.38. The summed E-state index contributed by atoms with van der Waals surface area (Å²) in [6.07, 6.45) is -2.51. The van der Waals surface area contributed by atoms with Crippen molar-refractivity contribution in [2.75, 3.05) is 13.1 Å². The zero-order valence-electron chi connectivity index (χ0n) is 6.81. The standard InChI is InChI=1S/C7H12F2N2O/c1-7(6(8)9)3-11-2-4(7)5(10)12/h4,6,11H,2-3H2,1H3,(H2,10,12). The molecular formula is C7H12F2N2O. The number of nitrogens with two attached hydrogens (primary N) is 1. The first-order valence-electron chi connectivity index (χ1n) is 3.76. The van der Waals surface area contributed by atoms with Crippen LogP contribution in [0.4, 0.5) is 8.78 Å². The lowest BCUT2D eigenvalue weighted by molar-refractivity contribution is -0.128. The van der Waals surface area contributed by atoms with Gasteiger partial charge in [-0.1, -0.05) is 6.92 Å². The van der Waals surface area contributed by atoms with E-state index in [1.807, 2.05) is 0 Å². The fourth-order valence-corrected chi connectivity index (χ4v) is 1.50. The number of amides is 1. The predicted molar refractivity (Wildman–Crippen MR) is 39.7 cm³/mol. The van der Waals surface area contributed by atoms with Crippen LogP contribution in [0.1, 0.15) is 6.92 Å². The van der Waals surface area contributed by atoms with Gasteiger partial charge < -0.3 is 11.1 Å². The predicted octanol–water partition coefficient (Wildman–Crippen LogP) is -0.0375. The van der Waals surface area contributed by atoms with Gasteiger partial charge in [0.25, 0.3) is 0 Å². The topological polar surface area (TPSA) is 55.1 Å². The number of alkyl halides is 2. The van der Waals surface area contributed by atoms with Gasteiger partial charge in [-0.3, -0.25) is 4.79 Å². The van der Waals surface area contributed by atoms with Crippen LogP contribution in [0.25, 0.3) is 0 Å². The molecule has 3 nitrogen and oxygen atoms in total. The number of rotatable bonds is 2. The van der Waals surface area contributed by atoms with E-state index in [1.54, 1.807) is 0 Å². The van der Waals surface area contributed by atoms with Crippen molar-refractivity contribution in [2.45, 2.75) is 13.3 Å². The lowest BCUT2D eigenvalue weighted by Gasteiger charge is -2.26. The second-order valence-corrected chi connectivity index (χ2v) is 3.39. The molecule has 3 N–H and O–H groups in total. The van der Waals surface area contributed by atoms with E-state index in [4.69, 9.17) is 5.73 Å². The van der Waals surface area contributed by atoms with E-state index < -0.39 is 23.7 Å². The van der Waals surface area contributed by atoms with E-state index in [1.165, 1.54) is 6.92 Å². The molecule has 2 unspecified atom stereocenters. The first-order chi connectivity index (χ1) is 5.48. The number of hydrogen-bond donors (Lipinski definition) is 2. The molecule has 1 rings (SSSR count). The van der Waals surface area contributed by atoms with E-state index in [0.717, 1.165) is 0 Å². The third-order valence-electron chi connectivity index (χ3n) is 2.49. The van der Waals surface area contributed by atoms with Crippen LogP contribution in [0, 0.1) is 11.3 Å². The van der Waals surface area contributed by atoms with Crippen molar-refractivity contribution in [1.29, 1.82) is 0 Å². The summed E-state index contributed by atoms with van der Waals surface area (Å²) < 4.78 is 25.0. The second kappa shape index (κ2) is 2.97. The number of nitrogens with one attached hydrogen (secondary N) is 1. The third-order valence-corrected chi connectivity index (χ3v) is 2.49. The smallest absolute Gasteiger partial charge is 0.245 e. The molecule has 1 heterocycles. The van der Waals surface area contributed by atoms with Crippen LogP contribution in [0.3, 0.4) is 0 Å². The van der Waals surface area contributed by atoms with Crippen LogP contribution < -0.4 is 11.1 Å². The molecule has 0 bridgehead atoms. The summed E-state index contributed by atoms with van der Waals surface area (Å²) >= 11 is 0. The Morgan fingerprint density at radius 3 is 2.67 bits per heavy atom. The fourth-order valence-electron chi connectivity index (χ4n) is 1.50. The van der Waals surface area contributed by atoms with Crippen molar-refractivity contribution in [3.63, 3.8) is 0 Å². The van der Waals surface area contributed by atoms with Crippen LogP contribution in [0.5, 0.6) is 0 Å². The van der Waals surface area contributed by atoms with E-state index in [0.29, 0.717) is 0 Å². The Hall–Kier alpha value is -0.710. The molecule has 1 aliphatic heterocycles. The summed E-state index contributed by atoms with van der Waals surface area (Å²) in [4.78, 5) is 10.8. The average molecular weight is 178 g/mol. The highest BCUT2D eigenvalue weighted by Crippen LogP contribution is 2.36. The van der Waals surface area contributed by atoms with Gasteiger partial charge in [0.1, 0.15) is 0 Å². The van der Waals surface area contributed by atoms with Crippen molar-refractivity contribution in [2.24, 2.45) is 17.1 Å². The van der Waals surface area contributed by atoms with Crippen molar-refractivity contribution in [3.05, 3.63) is 0 Å². The average Bonchev–Trinajstić information content (AvgIpc) is 2.32. The molecule has 5 heteroatoms. The van der Waals surface area contributed by atoms with Crippen LogP contribution >= 0.6 is 0 Å². The van der Waals surface area contributed by atoms with Gasteiger partial charge in [-0.2, -0.15) is 0 Å². The minimum atomic E-state index is -2.51. The van der Waals surface area contributed by atoms with Crippen LogP contribution in [0.15, 0.2) is 0 Å². The highest BCUT2D eigenvalue weighted by Gasteiger charge is 2.48. The van der Waals surface area contributed by atoms with Gasteiger partial charge in [0.05, 0.1) is 11.3 Å². The van der Waals surface area contributed by atoms with Crippen molar-refractivity contribution >= 4 is 5.91 Å². The van der Waals surface area contributed by atoms with E-state index in [2.05, 4.69) is 5.32 Å². The molecule has 0 radical (unpaired) electrons. The summed E-state index contributed by atoms with van der Waals surface area (Å²) in [5.41, 5.74) is 3.71. The second-order valence-electron chi connectivity index (χ2n) is 3.39. The van der Waals surface area contributed by atoms with Crippen LogP contribution in [-0.2, 0) is 4.79 Å². The van der Waals surface area contributed by atoms with E-state index in [-0.39, 0.29) is 13.1 Å². The zero-order valence-corrected chi connectivity index (χ0v) is 6.81. The molecular weight excluding hydrogens is 166 g/mol. The number of primary amides is 1. The van der Waals surface area contributed by atoms with Gasteiger partial charge >= 0.3 is 0 Å². The van der Waals surface area contributed by atoms with Gasteiger partial charge in [-0.25, -0.2) is 8.78 Å². The molecule has 0 saturated carbocycles. The number of halogens is 2. The van der Waals surface area contributed by atoms with Crippen molar-refractivity contribution < 1.29 is 13.6 Å². The Morgan fingerprint density at radius 2 is 2.33 bits per heavy atom. The molecule has 1 aliphatic rings. The molecule has 1 saturated heterocycles. The summed E-state index contributed by atoms with van der Waals surface area (Å²) in [6.45, 7) is 1.79. The molecule has 0 aromatic carbocycles. The first-order valence-corrected chi connectivity index (χ1v) is 3.76. The van der Waals surface area contributed by atoms with E-state index >= 15 is 0 Å². The normalized spacial score (nSPS) is 35.8. The summed E-state index contributed by atoms with van der Waals surface area (Å²) in [5.74, 6) is -1.40. The molecule has 70 valence electrons. The van der Waals surface area contributed by atoms with Gasteiger partial charge in [0.2, 0.25) is 12.3 Å². The maximum atomic E-state index is 12.5. The molecule has 2 atom stereocenters. The van der Waals surface area contributed by atoms with Gasteiger partial charge in [-0.15, -0.1) is 0 Å². The van der Waals surface area contributed by atoms with Crippen molar-refractivity contribution in [3.8, 4) is 0 Å². The molecule has 0 spiro atoms. The third kappa shape index (κ3) is 1.29. The monoisotopic (exact) mass is 178 g/mol. The molecule has 12 heavy (non-hydrogen) atoms. The Bertz CT molecular complexity index is 198. The molecule has 0 aliphatic carbocycles. The minimum absolute atomic E-state index is 0.151. The zero-order chi connectivity index (χ0) is 9.35.